The summed E-state index contributed by atoms with van der Waals surface area (Å²) in [5, 5.41) is 47.0. The first-order chi connectivity index (χ1) is 68.9. The number of anilines is 4. The molecule has 4 aliphatic heterocycles. The third-order valence-corrected chi connectivity index (χ3v) is 27.9. The van der Waals surface area contributed by atoms with E-state index in [1.54, 1.807) is 21.5 Å². The summed E-state index contributed by atoms with van der Waals surface area (Å²) in [6.45, 7) is 15.6. The second kappa shape index (κ2) is 44.3. The maximum absolute atomic E-state index is 14.9. The Morgan fingerprint density at radius 2 is 0.669 bits per heavy atom. The van der Waals surface area contributed by atoms with Crippen molar-refractivity contribution >= 4 is 90.5 Å². The van der Waals surface area contributed by atoms with Crippen LogP contribution < -0.4 is 19.6 Å². The van der Waals surface area contributed by atoms with Crippen molar-refractivity contribution in [2.24, 2.45) is 11.8 Å². The minimum atomic E-state index is -4.42. The Labute approximate surface area is 826 Å². The zero-order valence-corrected chi connectivity index (χ0v) is 80.8. The third-order valence-electron chi connectivity index (χ3n) is 27.9. The molecule has 29 nitrogen and oxygen atoms in total. The van der Waals surface area contributed by atoms with Crippen LogP contribution in [0.2, 0.25) is 0 Å². The molecule has 4 N–H and O–H groups in total. The van der Waals surface area contributed by atoms with E-state index in [4.69, 9.17) is 0 Å². The van der Waals surface area contributed by atoms with E-state index in [9.17, 15) is 101 Å². The van der Waals surface area contributed by atoms with Gasteiger partial charge in [0.25, 0.3) is 0 Å². The zero-order valence-electron chi connectivity index (χ0n) is 80.8. The maximum atomic E-state index is 14.9. The molecule has 0 bridgehead atoms. The van der Waals surface area contributed by atoms with Crippen molar-refractivity contribution in [3.05, 3.63) is 210 Å². The van der Waals surface area contributed by atoms with Crippen LogP contribution in [0.15, 0.2) is 165 Å². The van der Waals surface area contributed by atoms with Gasteiger partial charge in [0.1, 0.15) is 118 Å². The summed E-state index contributed by atoms with van der Waals surface area (Å²) < 4.78 is 193. The minimum Gasteiger partial charge on any atom is -0.389 e. The Kier molecular flexibility index (Phi) is 32.3. The van der Waals surface area contributed by atoms with Gasteiger partial charge < -0.3 is 58.3 Å². The van der Waals surface area contributed by atoms with E-state index in [1.165, 1.54) is 95.5 Å². The first-order valence-electron chi connectivity index (χ1n) is 48.6. The fourth-order valence-corrected chi connectivity index (χ4v) is 19.7. The minimum absolute atomic E-state index is 0.00467. The van der Waals surface area contributed by atoms with E-state index in [-0.39, 0.29) is 119 Å². The number of piperidine rings is 4. The highest BCUT2D eigenvalue weighted by Crippen LogP contribution is 2.44. The van der Waals surface area contributed by atoms with Crippen LogP contribution in [0, 0.1) is 11.8 Å². The topological polar surface area (TPSA) is 311 Å². The third kappa shape index (κ3) is 26.3. The summed E-state index contributed by atoms with van der Waals surface area (Å²) in [6.07, 6.45) is 0.194. The van der Waals surface area contributed by atoms with Crippen molar-refractivity contribution in [1.29, 1.82) is 0 Å². The number of halogens is 14. The van der Waals surface area contributed by atoms with Crippen LogP contribution in [0.4, 0.5) is 84.7 Å². The van der Waals surface area contributed by atoms with Gasteiger partial charge in [-0.15, -0.1) is 0 Å². The molecule has 43 heteroatoms. The number of likely N-dealkylation sites (tertiary alicyclic amines) is 4. The molecular weight excluding hydrogens is 1910 g/mol. The Morgan fingerprint density at radius 3 is 0.972 bits per heavy atom. The molecule has 3 saturated carbocycles. The fourth-order valence-electron chi connectivity index (χ4n) is 19.7. The van der Waals surface area contributed by atoms with Gasteiger partial charge in [-0.2, -0.15) is 52.7 Å². The highest BCUT2D eigenvalue weighted by Gasteiger charge is 2.46. The van der Waals surface area contributed by atoms with Gasteiger partial charge in [0.15, 0.2) is 0 Å². The molecule has 8 atom stereocenters. The number of alkyl halides is 14. The number of rotatable bonds is 32. The smallest absolute Gasteiger partial charge is 0.389 e. The van der Waals surface area contributed by atoms with E-state index in [0.29, 0.717) is 143 Å². The van der Waals surface area contributed by atoms with Crippen LogP contribution in [0.5, 0.6) is 0 Å². The number of carbonyl (C=O) groups is 4. The lowest BCUT2D eigenvalue weighted by Gasteiger charge is -2.42. The second-order valence-corrected chi connectivity index (χ2v) is 39.4. The molecule has 0 spiro atoms. The highest BCUT2D eigenvalue weighted by atomic mass is 19.4. The molecule has 4 saturated heterocycles. The molecular formula is C102H117F14N21O8. The molecule has 145 heavy (non-hydrogen) atoms. The van der Waals surface area contributed by atoms with Gasteiger partial charge in [0.2, 0.25) is 0 Å². The summed E-state index contributed by atoms with van der Waals surface area (Å²) >= 11 is 0. The Morgan fingerprint density at radius 1 is 0.366 bits per heavy atom. The number of Topliss-reactive ketones (excluding diaryl/α,β-unsaturated/α-hetero) is 4. The van der Waals surface area contributed by atoms with Gasteiger partial charge in [-0.25, -0.2) is 48.7 Å². The quantitative estimate of drug-likeness (QED) is 0.0285. The van der Waals surface area contributed by atoms with E-state index >= 15 is 0 Å². The number of aliphatic hydroxyl groups is 4. The SMILES string of the molecule is CC(=O)CN1CCC(Cn2ccc3c(N(Cc4ccc(C(F)(F)F)cc4)C4CC4)ncnc32)C(F)C1.CC(=O)CN1CCC(Cn2ccc3c(N(Cc4ccc(C(F)(F)F)cn4)C4CC4)ncnc32)C(F)C1.CC(=O)CN1CCC(O)(Cn2ccc3c(N(Cc4ccc(C(F)(F)F)cc4)C4CC4)ncnc32)C(O)C1.CCN(Cc1ccc(C(F)(F)F)cc1)c1ncnc2c1ccn2CC1(O)CCN(CC(C)=O)CC1O. The zero-order chi connectivity index (χ0) is 103. The summed E-state index contributed by atoms with van der Waals surface area (Å²) in [7, 11) is 0. The Balaban J connectivity index is 0.000000138. The Hall–Kier alpha value is -12.1. The predicted molar refractivity (Wildman–Crippen MR) is 514 cm³/mol. The lowest BCUT2D eigenvalue weighted by Crippen LogP contribution is -2.58. The number of nitrogens with zero attached hydrogens (tertiary/aromatic N) is 21. The standard InChI is InChI=1S/C26H29F4N5O.C26H30F3N5O3.C25H28F4N6O.C25H30F3N5O3/c1-17(36)12-33-10-8-19(23(27)15-33)14-34-11-9-22-24(34)31-16-32-25(22)35(21-6-7-21)13-18-2-4-20(5-3-18)26(28,29)30;1-17(35)12-32-11-9-25(37,22(36)14-32)15-33-10-8-21-23(33)30-16-31-24(21)34(20-6-7-20)13-18-2-4-19(5-3-18)26(27,28)29;1-16(36)11-33-8-6-17(22(26)14-33)12-34-9-7-21-23(34)31-15-32-24(21)35(20-4-5-20)13-19-3-2-18(10-30-19)25(27,28)29;1-3-32(13-18-4-6-19(7-5-18)25(26,27)28)22-20-8-10-33(23(20)30-16-29-22)15-24(36)9-11-31(12-17(2)34)14-21(24)35/h2-5,9,11,16,19,21,23H,6-8,10,12-15H2,1H3;2-5,8,10,16,20,22,36-37H,6-7,9,11-15H2,1H3;2-3,7,9-10,15,17,20,22H,4-6,8,11-14H2,1H3;4-8,10,16,21,35-36H,3,9,11-15H2,1-2H3. The molecule has 776 valence electrons. The molecule has 12 aromatic rings. The molecule has 0 amide bonds. The monoisotopic (exact) mass is 2030 g/mol. The summed E-state index contributed by atoms with van der Waals surface area (Å²) in [6, 6.07) is 26.3. The molecule has 19 rings (SSSR count). The molecule has 8 unspecified atom stereocenters. The number of aliphatic hydroxyl groups excluding tert-OH is 2. The van der Waals surface area contributed by atoms with Gasteiger partial charge in [-0.1, -0.05) is 36.4 Å². The van der Waals surface area contributed by atoms with Crippen molar-refractivity contribution in [2.75, 3.05) is 105 Å². The molecule has 7 fully saturated rings. The molecule has 13 heterocycles. The average molecular weight is 2030 g/mol. The first-order valence-corrected chi connectivity index (χ1v) is 48.6. The van der Waals surface area contributed by atoms with Crippen LogP contribution in [-0.4, -0.2) is 265 Å². The van der Waals surface area contributed by atoms with Crippen molar-refractivity contribution in [2.45, 2.75) is 230 Å². The summed E-state index contributed by atoms with van der Waals surface area (Å²) in [4.78, 5) is 101. The van der Waals surface area contributed by atoms with Gasteiger partial charge in [0.05, 0.1) is 108 Å². The van der Waals surface area contributed by atoms with Gasteiger partial charge in [-0.05, 0) is 201 Å². The molecule has 3 aliphatic carbocycles. The van der Waals surface area contributed by atoms with Crippen molar-refractivity contribution < 1.29 is 101 Å². The van der Waals surface area contributed by atoms with Gasteiger partial charge >= 0.3 is 24.7 Å². The number of ketones is 4. The van der Waals surface area contributed by atoms with Gasteiger partial charge in [-0.3, -0.25) is 43.8 Å². The largest absolute Gasteiger partial charge is 0.417 e. The van der Waals surface area contributed by atoms with Gasteiger partial charge in [0, 0.05) is 139 Å². The number of hydrogen-bond donors (Lipinski definition) is 4. The number of aromatic nitrogens is 13. The van der Waals surface area contributed by atoms with Crippen LogP contribution in [0.1, 0.15) is 143 Å². The van der Waals surface area contributed by atoms with Crippen LogP contribution in [-0.2, 0) is 96.2 Å². The lowest BCUT2D eigenvalue weighted by molar-refractivity contribution is -0.138. The molecule has 7 aliphatic rings. The number of fused-ring (bicyclic) bond motifs is 4. The molecule has 3 aromatic carbocycles. The molecule has 9 aromatic heterocycles. The maximum Gasteiger partial charge on any atom is 0.417 e. The van der Waals surface area contributed by atoms with E-state index < -0.39 is 82.7 Å². The second-order valence-electron chi connectivity index (χ2n) is 39.4. The van der Waals surface area contributed by atoms with Crippen LogP contribution in [0.25, 0.3) is 44.1 Å². The predicted octanol–water partition coefficient (Wildman–Crippen LogP) is 15.0. The van der Waals surface area contributed by atoms with Crippen molar-refractivity contribution in [3.63, 3.8) is 0 Å². The average Bonchev–Trinajstić information content (AvgIpc) is 1.82. The van der Waals surface area contributed by atoms with E-state index in [0.717, 1.165) is 131 Å². The van der Waals surface area contributed by atoms with E-state index in [1.807, 2.05) is 77.2 Å². The number of β-amino-alcohol motifs (C(OH)–C–C–N with tert-alkyl or cyclic N) is 2. The van der Waals surface area contributed by atoms with Crippen molar-refractivity contribution in [3.8, 4) is 0 Å². The number of carbonyl (C=O) groups excluding carboxylic acids is 4. The highest BCUT2D eigenvalue weighted by molar-refractivity contribution is 5.91. The normalized spacial score (nSPS) is 21.6. The van der Waals surface area contributed by atoms with Crippen molar-refractivity contribution in [1.82, 2.24) is 82.7 Å². The summed E-state index contributed by atoms with van der Waals surface area (Å²) in [5.41, 5.74) is -0.188. The lowest BCUT2D eigenvalue weighted by atomic mass is 9.88. The Bertz CT molecular complexity index is 6280. The number of hydrogen-bond acceptors (Lipinski definition) is 25. The first kappa shape index (κ1) is 106. The molecule has 0 radical (unpaired) electrons. The van der Waals surface area contributed by atoms with Crippen LogP contribution >= 0.6 is 0 Å². The van der Waals surface area contributed by atoms with E-state index in [2.05, 4.69) is 59.6 Å². The summed E-state index contributed by atoms with van der Waals surface area (Å²) in [5.74, 6) is 2.50. The fraction of sp³-hybridized carbons (Fsp3) is 0.500. The van der Waals surface area contributed by atoms with Crippen LogP contribution in [0.3, 0.4) is 0 Å². The number of benzene rings is 3. The number of pyridine rings is 1.